The van der Waals surface area contributed by atoms with Gasteiger partial charge in [0.1, 0.15) is 0 Å². The summed E-state index contributed by atoms with van der Waals surface area (Å²) in [7, 11) is 0. The van der Waals surface area contributed by atoms with Gasteiger partial charge in [-0.2, -0.15) is 5.10 Å². The maximum atomic E-state index is 12.3. The van der Waals surface area contributed by atoms with Crippen LogP contribution in [0.15, 0.2) is 36.5 Å². The van der Waals surface area contributed by atoms with Gasteiger partial charge in [-0.3, -0.25) is 4.68 Å². The van der Waals surface area contributed by atoms with Gasteiger partial charge in [0.25, 0.3) is 0 Å². The summed E-state index contributed by atoms with van der Waals surface area (Å²) >= 11 is 0. The molecule has 2 rings (SSSR count). The fourth-order valence-electron chi connectivity index (χ4n) is 1.31. The van der Waals surface area contributed by atoms with Crippen LogP contribution in [-0.2, 0) is 6.54 Å². The minimum absolute atomic E-state index is 0. The van der Waals surface area contributed by atoms with Crippen LogP contribution in [0.3, 0.4) is 0 Å². The van der Waals surface area contributed by atoms with Crippen molar-refractivity contribution in [2.45, 2.75) is 6.54 Å². The Bertz CT molecular complexity index is 472. The van der Waals surface area contributed by atoms with Gasteiger partial charge >= 0.3 is 58.4 Å². The minimum Gasteiger partial charge on any atom is -0.444 e. The van der Waals surface area contributed by atoms with Crippen LogP contribution in [0.25, 0.3) is 0 Å². The van der Waals surface area contributed by atoms with E-state index in [4.69, 9.17) is 0 Å². The number of benzene rings is 1. The Morgan fingerprint density at radius 2 is 1.76 bits per heavy atom. The smallest absolute Gasteiger partial charge is 0.444 e. The quantitative estimate of drug-likeness (QED) is 0.625. The third kappa shape index (κ3) is 4.22. The molecule has 0 atom stereocenters. The molecule has 1 heterocycles. The van der Waals surface area contributed by atoms with Gasteiger partial charge in [0.2, 0.25) is 0 Å². The zero-order valence-corrected chi connectivity index (χ0v) is 12.3. The zero-order valence-electron chi connectivity index (χ0n) is 9.22. The average Bonchev–Trinajstić information content (AvgIpc) is 2.67. The second-order valence-electron chi connectivity index (χ2n) is 3.40. The number of aromatic nitrogens is 3. The van der Waals surface area contributed by atoms with Crippen molar-refractivity contribution in [3.63, 3.8) is 0 Å². The second kappa shape index (κ2) is 6.15. The third-order valence-electron chi connectivity index (χ3n) is 2.08. The molecule has 0 amide bonds. The molecule has 0 saturated carbocycles. The predicted molar refractivity (Wildman–Crippen MR) is 54.3 cm³/mol. The summed E-state index contributed by atoms with van der Waals surface area (Å²) in [5.74, 6) is 0. The van der Waals surface area contributed by atoms with Gasteiger partial charge in [-0.05, 0) is 5.56 Å². The molecule has 84 valence electrons. The van der Waals surface area contributed by atoms with E-state index in [0.717, 1.165) is 11.8 Å². The molecular weight excluding hydrogens is 257 g/mol. The summed E-state index contributed by atoms with van der Waals surface area (Å²) in [5, 5.41) is 6.54. The number of hydrogen-bond acceptors (Lipinski definition) is 2. The van der Waals surface area contributed by atoms with E-state index in [1.807, 2.05) is 30.3 Å². The van der Waals surface area contributed by atoms with Crippen LogP contribution in [0.1, 0.15) is 5.56 Å². The first-order chi connectivity index (χ1) is 7.55. The monoisotopic (exact) mass is 265 g/mol. The van der Waals surface area contributed by atoms with Gasteiger partial charge in [-0.15, -0.1) is 0 Å². The third-order valence-corrected chi connectivity index (χ3v) is 2.08. The Kier molecular flexibility index (Phi) is 5.39. The van der Waals surface area contributed by atoms with E-state index in [1.165, 1.54) is 4.68 Å². The Morgan fingerprint density at radius 1 is 1.12 bits per heavy atom. The van der Waals surface area contributed by atoms with Gasteiger partial charge in [-0.25, -0.2) is 0 Å². The molecule has 1 aromatic heterocycles. The largest absolute Gasteiger partial charge is 1.00 e. The van der Waals surface area contributed by atoms with Gasteiger partial charge in [-0.1, -0.05) is 35.5 Å². The summed E-state index contributed by atoms with van der Waals surface area (Å²) in [4.78, 5) is 0. The van der Waals surface area contributed by atoms with Crippen molar-refractivity contribution in [2.75, 3.05) is 0 Å². The maximum Gasteiger partial charge on any atom is 1.00 e. The SMILES string of the molecule is F[B-](F)(F)c1cn(Cc2ccccc2)nn1.[K+]. The first-order valence-electron chi connectivity index (χ1n) is 4.69. The molecule has 8 heteroatoms. The standard InChI is InChI=1S/C9H8BF3N3.K/c11-10(12,13)9-7-16(15-14-9)6-8-4-2-1-3-5-8;/h1-5,7H,6H2;/q-1;+1. The van der Waals surface area contributed by atoms with E-state index in [9.17, 15) is 12.9 Å². The molecule has 0 spiro atoms. The topological polar surface area (TPSA) is 30.7 Å². The van der Waals surface area contributed by atoms with E-state index >= 15 is 0 Å². The Labute approximate surface area is 139 Å². The van der Waals surface area contributed by atoms with Gasteiger partial charge in [0.05, 0.1) is 6.54 Å². The summed E-state index contributed by atoms with van der Waals surface area (Å²) in [6.07, 6.45) is 0.924. The number of rotatable bonds is 3. The van der Waals surface area contributed by atoms with E-state index in [0.29, 0.717) is 6.54 Å². The molecule has 0 aliphatic heterocycles. The van der Waals surface area contributed by atoms with Crippen LogP contribution in [0.5, 0.6) is 0 Å². The molecule has 0 saturated heterocycles. The average molecular weight is 265 g/mol. The minimum atomic E-state index is -5.06. The van der Waals surface area contributed by atoms with Crippen molar-refractivity contribution < 1.29 is 64.3 Å². The molecule has 1 aromatic carbocycles. The molecule has 0 fully saturated rings. The molecule has 0 bridgehead atoms. The first kappa shape index (κ1) is 14.9. The van der Waals surface area contributed by atoms with Gasteiger partial charge < -0.3 is 12.9 Å². The molecular formula is C9H8BF3KN3. The summed E-state index contributed by atoms with van der Waals surface area (Å²) in [6.45, 7) is -4.77. The van der Waals surface area contributed by atoms with E-state index in [-0.39, 0.29) is 51.4 Å². The molecule has 3 nitrogen and oxygen atoms in total. The van der Waals surface area contributed by atoms with Crippen LogP contribution in [0, 0.1) is 0 Å². The summed E-state index contributed by atoms with van der Waals surface area (Å²) < 4.78 is 38.0. The van der Waals surface area contributed by atoms with Crippen molar-refractivity contribution >= 4 is 12.6 Å². The maximum absolute atomic E-state index is 12.3. The molecule has 2 aromatic rings. The molecule has 0 aliphatic rings. The summed E-state index contributed by atoms with van der Waals surface area (Å²) in [5.41, 5.74) is -0.0236. The van der Waals surface area contributed by atoms with Gasteiger partial charge in [0, 0.05) is 11.8 Å². The molecule has 17 heavy (non-hydrogen) atoms. The van der Waals surface area contributed by atoms with Crippen LogP contribution >= 0.6 is 0 Å². The Hall–Kier alpha value is -0.149. The van der Waals surface area contributed by atoms with Crippen molar-refractivity contribution in [3.05, 3.63) is 42.1 Å². The van der Waals surface area contributed by atoms with Crippen LogP contribution in [0.4, 0.5) is 12.9 Å². The summed E-state index contributed by atoms with van der Waals surface area (Å²) in [6, 6.07) is 9.12. The molecule has 0 N–H and O–H groups in total. The van der Waals surface area contributed by atoms with Crippen molar-refractivity contribution in [2.24, 2.45) is 0 Å². The molecule has 0 aliphatic carbocycles. The number of nitrogens with zero attached hydrogens (tertiary/aromatic N) is 3. The Morgan fingerprint density at radius 3 is 2.29 bits per heavy atom. The molecule has 0 radical (unpaired) electrons. The predicted octanol–water partition coefficient (Wildman–Crippen LogP) is -1.62. The number of halogens is 3. The van der Waals surface area contributed by atoms with Gasteiger partial charge in [0.15, 0.2) is 0 Å². The second-order valence-corrected chi connectivity index (χ2v) is 3.40. The van der Waals surface area contributed by atoms with Crippen molar-refractivity contribution in [1.29, 1.82) is 0 Å². The van der Waals surface area contributed by atoms with E-state index in [2.05, 4.69) is 10.3 Å². The Balaban J connectivity index is 0.00000144. The first-order valence-corrected chi connectivity index (χ1v) is 4.69. The van der Waals surface area contributed by atoms with Crippen molar-refractivity contribution in [1.82, 2.24) is 15.0 Å². The fourth-order valence-corrected chi connectivity index (χ4v) is 1.31. The molecule has 0 unspecified atom stereocenters. The van der Waals surface area contributed by atoms with Crippen molar-refractivity contribution in [3.8, 4) is 0 Å². The van der Waals surface area contributed by atoms with E-state index < -0.39 is 12.6 Å². The van der Waals surface area contributed by atoms with E-state index in [1.54, 1.807) is 0 Å². The normalized spacial score (nSPS) is 11.0. The fraction of sp³-hybridized carbons (Fsp3) is 0.111. The van der Waals surface area contributed by atoms with Crippen LogP contribution in [0.2, 0.25) is 0 Å². The van der Waals surface area contributed by atoms with Crippen LogP contribution < -0.4 is 57.0 Å². The zero-order chi connectivity index (χ0) is 11.6. The van der Waals surface area contributed by atoms with Crippen LogP contribution in [-0.4, -0.2) is 22.0 Å². The number of hydrogen-bond donors (Lipinski definition) is 0.